The maximum Gasteiger partial charge on any atom is 0.110 e. The Balaban J connectivity index is 2.16. The summed E-state index contributed by atoms with van der Waals surface area (Å²) >= 11 is 0. The van der Waals surface area contributed by atoms with Crippen molar-refractivity contribution in [3.8, 4) is 6.07 Å². The second-order valence-electron chi connectivity index (χ2n) is 7.21. The van der Waals surface area contributed by atoms with Gasteiger partial charge in [-0.25, -0.2) is 0 Å². The molecule has 0 bridgehead atoms. The van der Waals surface area contributed by atoms with Crippen molar-refractivity contribution < 1.29 is 23.7 Å². The van der Waals surface area contributed by atoms with Gasteiger partial charge in [0.1, 0.15) is 6.10 Å². The molecule has 2 saturated carbocycles. The van der Waals surface area contributed by atoms with Crippen molar-refractivity contribution in [3.05, 3.63) is 11.6 Å². The quantitative estimate of drug-likeness (QED) is 0.645. The summed E-state index contributed by atoms with van der Waals surface area (Å²) in [5, 5.41) is 9.78. The number of hydrogen-bond acceptors (Lipinski definition) is 6. The molecule has 0 amide bonds. The van der Waals surface area contributed by atoms with Gasteiger partial charge in [0.2, 0.25) is 0 Å². The molecule has 7 atom stereocenters. The van der Waals surface area contributed by atoms with E-state index in [1.807, 2.05) is 0 Å². The van der Waals surface area contributed by atoms with Crippen LogP contribution in [0, 0.1) is 23.2 Å². The molecule has 2 aliphatic carbocycles. The first-order valence-corrected chi connectivity index (χ1v) is 9.39. The van der Waals surface area contributed by atoms with Crippen molar-refractivity contribution in [1.29, 1.82) is 5.26 Å². The molecule has 0 aliphatic heterocycles. The fraction of sp³-hybridized carbons (Fsp3) is 0.850. The van der Waals surface area contributed by atoms with Gasteiger partial charge in [-0.1, -0.05) is 6.08 Å². The fourth-order valence-corrected chi connectivity index (χ4v) is 4.56. The van der Waals surface area contributed by atoms with E-state index in [4.69, 9.17) is 23.7 Å². The number of allylic oxidation sites excluding steroid dienone is 1. The molecule has 0 N–H and O–H groups in total. The molecule has 6 heteroatoms. The lowest BCUT2D eigenvalue weighted by atomic mass is 9.77. The SMILES string of the molecule is COC1CCC(/C(C#N)=C\C2CCC(OC)C(OC)C2OC)CC1OC. The Labute approximate surface area is 157 Å². The molecule has 0 aromatic heterocycles. The number of nitriles is 1. The molecule has 0 radical (unpaired) electrons. The zero-order valence-electron chi connectivity index (χ0n) is 16.6. The van der Waals surface area contributed by atoms with Crippen molar-refractivity contribution in [2.24, 2.45) is 11.8 Å². The molecule has 0 aromatic carbocycles. The fourth-order valence-electron chi connectivity index (χ4n) is 4.56. The summed E-state index contributed by atoms with van der Waals surface area (Å²) in [5.41, 5.74) is 0.833. The first-order valence-electron chi connectivity index (χ1n) is 9.39. The van der Waals surface area contributed by atoms with Gasteiger partial charge >= 0.3 is 0 Å². The van der Waals surface area contributed by atoms with Gasteiger partial charge in [-0.05, 0) is 38.0 Å². The van der Waals surface area contributed by atoms with Crippen molar-refractivity contribution in [1.82, 2.24) is 0 Å². The molecular weight excluding hydrogens is 334 g/mol. The van der Waals surface area contributed by atoms with Crippen LogP contribution < -0.4 is 0 Å². The second-order valence-corrected chi connectivity index (χ2v) is 7.21. The number of methoxy groups -OCH3 is 5. The highest BCUT2D eigenvalue weighted by Crippen LogP contribution is 2.36. The van der Waals surface area contributed by atoms with Crippen LogP contribution in [0.3, 0.4) is 0 Å². The second kappa shape index (κ2) is 10.4. The van der Waals surface area contributed by atoms with Crippen molar-refractivity contribution in [2.75, 3.05) is 35.5 Å². The van der Waals surface area contributed by atoms with Gasteiger partial charge in [0.25, 0.3) is 0 Å². The number of ether oxygens (including phenoxy) is 5. The molecule has 0 aromatic rings. The Morgan fingerprint density at radius 3 is 1.92 bits per heavy atom. The predicted molar refractivity (Wildman–Crippen MR) is 97.7 cm³/mol. The first-order chi connectivity index (χ1) is 12.6. The van der Waals surface area contributed by atoms with Crippen LogP contribution in [-0.4, -0.2) is 66.1 Å². The molecule has 26 heavy (non-hydrogen) atoms. The minimum Gasteiger partial charge on any atom is -0.379 e. The molecule has 6 nitrogen and oxygen atoms in total. The summed E-state index contributed by atoms with van der Waals surface area (Å²) in [4.78, 5) is 0. The van der Waals surface area contributed by atoms with Crippen LogP contribution in [0.2, 0.25) is 0 Å². The van der Waals surface area contributed by atoms with Crippen LogP contribution in [0.15, 0.2) is 11.6 Å². The minimum absolute atomic E-state index is 0.0233. The van der Waals surface area contributed by atoms with E-state index in [2.05, 4.69) is 12.1 Å². The number of rotatable bonds is 7. The van der Waals surface area contributed by atoms with E-state index in [-0.39, 0.29) is 42.4 Å². The van der Waals surface area contributed by atoms with Gasteiger partial charge in [-0.15, -0.1) is 0 Å². The van der Waals surface area contributed by atoms with Crippen molar-refractivity contribution in [2.45, 2.75) is 62.6 Å². The lowest BCUT2D eigenvalue weighted by Gasteiger charge is -2.40. The maximum atomic E-state index is 9.78. The molecule has 148 valence electrons. The van der Waals surface area contributed by atoms with Gasteiger partial charge in [0.15, 0.2) is 0 Å². The minimum atomic E-state index is -0.129. The molecule has 0 saturated heterocycles. The highest BCUT2D eigenvalue weighted by atomic mass is 16.6. The standard InChI is InChI=1S/C20H33NO5/c1-22-16-8-6-13(11-18(16)24-3)15(12-21)10-14-7-9-17(23-2)20(26-5)19(14)25-4/h10,13-14,16-20H,6-9,11H2,1-5H3/b15-10-. The Morgan fingerprint density at radius 2 is 1.38 bits per heavy atom. The molecule has 0 heterocycles. The van der Waals surface area contributed by atoms with Crippen molar-refractivity contribution in [3.63, 3.8) is 0 Å². The van der Waals surface area contributed by atoms with Gasteiger partial charge in [-0.2, -0.15) is 5.26 Å². The molecular formula is C20H33NO5. The number of nitrogens with zero attached hydrogens (tertiary/aromatic N) is 1. The van der Waals surface area contributed by atoms with E-state index < -0.39 is 0 Å². The lowest BCUT2D eigenvalue weighted by molar-refractivity contribution is -0.141. The van der Waals surface area contributed by atoms with Crippen molar-refractivity contribution >= 4 is 0 Å². The lowest BCUT2D eigenvalue weighted by Crippen LogP contribution is -2.49. The highest BCUT2D eigenvalue weighted by Gasteiger charge is 2.40. The van der Waals surface area contributed by atoms with Crippen LogP contribution in [0.5, 0.6) is 0 Å². The molecule has 0 spiro atoms. The average molecular weight is 367 g/mol. The van der Waals surface area contributed by atoms with Gasteiger partial charge in [-0.3, -0.25) is 0 Å². The zero-order valence-corrected chi connectivity index (χ0v) is 16.6. The molecule has 2 rings (SSSR count). The van der Waals surface area contributed by atoms with Crippen LogP contribution in [0.4, 0.5) is 0 Å². The van der Waals surface area contributed by atoms with Crippen LogP contribution >= 0.6 is 0 Å². The van der Waals surface area contributed by atoms with Gasteiger partial charge < -0.3 is 23.7 Å². The molecule has 2 aliphatic rings. The Kier molecular flexibility index (Phi) is 8.52. The monoisotopic (exact) mass is 367 g/mol. The largest absolute Gasteiger partial charge is 0.379 e. The maximum absolute atomic E-state index is 9.78. The zero-order chi connectivity index (χ0) is 19.1. The predicted octanol–water partition coefficient (Wildman–Crippen LogP) is 2.72. The van der Waals surface area contributed by atoms with E-state index in [1.54, 1.807) is 35.5 Å². The van der Waals surface area contributed by atoms with Gasteiger partial charge in [0, 0.05) is 47.0 Å². The average Bonchev–Trinajstić information content (AvgIpc) is 2.70. The summed E-state index contributed by atoms with van der Waals surface area (Å²) in [6.45, 7) is 0. The topological polar surface area (TPSA) is 69.9 Å². The van der Waals surface area contributed by atoms with Gasteiger partial charge in [0.05, 0.1) is 30.5 Å². The highest BCUT2D eigenvalue weighted by molar-refractivity contribution is 5.26. The third-order valence-electron chi connectivity index (χ3n) is 6.04. The van der Waals surface area contributed by atoms with E-state index >= 15 is 0 Å². The normalized spacial score (nSPS) is 38.8. The van der Waals surface area contributed by atoms with Crippen LogP contribution in [-0.2, 0) is 23.7 Å². The third kappa shape index (κ3) is 4.65. The molecule has 7 unspecified atom stereocenters. The Hall–Kier alpha value is -0.970. The van der Waals surface area contributed by atoms with Crippen LogP contribution in [0.1, 0.15) is 32.1 Å². The third-order valence-corrected chi connectivity index (χ3v) is 6.04. The van der Waals surface area contributed by atoms with Crippen LogP contribution in [0.25, 0.3) is 0 Å². The Morgan fingerprint density at radius 1 is 0.769 bits per heavy atom. The smallest absolute Gasteiger partial charge is 0.110 e. The summed E-state index contributed by atoms with van der Waals surface area (Å²) < 4.78 is 28.1. The first kappa shape index (κ1) is 21.3. The Bertz CT molecular complexity index is 503. The summed E-state index contributed by atoms with van der Waals surface area (Å²) in [6, 6.07) is 2.44. The van der Waals surface area contributed by atoms with E-state index in [0.717, 1.165) is 37.7 Å². The summed E-state index contributed by atoms with van der Waals surface area (Å²) in [6.07, 6.45) is 6.50. The number of hydrogen-bond donors (Lipinski definition) is 0. The van der Waals surface area contributed by atoms with E-state index in [1.165, 1.54) is 0 Å². The summed E-state index contributed by atoms with van der Waals surface area (Å²) in [5.74, 6) is 0.349. The summed E-state index contributed by atoms with van der Waals surface area (Å²) in [7, 11) is 8.53. The van der Waals surface area contributed by atoms with E-state index in [9.17, 15) is 5.26 Å². The van der Waals surface area contributed by atoms with E-state index in [0.29, 0.717) is 0 Å². The molecule has 2 fully saturated rings.